The molecule has 2 amide bonds. The van der Waals surface area contributed by atoms with E-state index in [2.05, 4.69) is 0 Å². The van der Waals surface area contributed by atoms with Gasteiger partial charge >= 0.3 is 0 Å². The van der Waals surface area contributed by atoms with E-state index in [1.165, 1.54) is 12.1 Å². The first kappa shape index (κ1) is 18.4. The Morgan fingerprint density at radius 2 is 1.62 bits per heavy atom. The van der Waals surface area contributed by atoms with Crippen molar-refractivity contribution in [2.75, 3.05) is 46.8 Å². The molecule has 0 saturated carbocycles. The highest BCUT2D eigenvalue weighted by Gasteiger charge is 2.23. The molecule has 1 aromatic carbocycles. The second-order valence-corrected chi connectivity index (χ2v) is 6.44. The largest absolute Gasteiger partial charge is 0.339 e. The first-order valence-electron chi connectivity index (χ1n) is 8.40. The Bertz CT molecular complexity index is 569. The van der Waals surface area contributed by atoms with Crippen LogP contribution in [0, 0.1) is 5.82 Å². The Labute approximate surface area is 143 Å². The van der Waals surface area contributed by atoms with E-state index in [9.17, 15) is 14.0 Å². The molecule has 0 bridgehead atoms. The van der Waals surface area contributed by atoms with E-state index in [1.54, 1.807) is 11.0 Å². The third-order valence-corrected chi connectivity index (χ3v) is 4.27. The summed E-state index contributed by atoms with van der Waals surface area (Å²) in [4.78, 5) is 30.0. The van der Waals surface area contributed by atoms with Crippen LogP contribution in [0.25, 0.3) is 0 Å². The summed E-state index contributed by atoms with van der Waals surface area (Å²) in [5.41, 5.74) is 0.834. The number of halogens is 1. The van der Waals surface area contributed by atoms with E-state index in [0.717, 1.165) is 12.1 Å². The van der Waals surface area contributed by atoms with E-state index in [0.29, 0.717) is 45.4 Å². The van der Waals surface area contributed by atoms with Crippen LogP contribution in [0.4, 0.5) is 4.39 Å². The Balaban J connectivity index is 1.73. The van der Waals surface area contributed by atoms with Crippen LogP contribution in [-0.4, -0.2) is 73.3 Å². The van der Waals surface area contributed by atoms with Crippen molar-refractivity contribution < 1.29 is 14.0 Å². The zero-order chi connectivity index (χ0) is 17.5. The van der Waals surface area contributed by atoms with Crippen LogP contribution in [-0.2, 0) is 16.0 Å². The van der Waals surface area contributed by atoms with Gasteiger partial charge in [0.2, 0.25) is 11.8 Å². The SMILES string of the molecule is CN(C)CCC(=O)N1CCN(C(=O)CCc2cccc(F)c2)CC1. The highest BCUT2D eigenvalue weighted by atomic mass is 19.1. The maximum absolute atomic E-state index is 13.1. The number of piperazine rings is 1. The molecular formula is C18H26FN3O2. The minimum Gasteiger partial charge on any atom is -0.339 e. The van der Waals surface area contributed by atoms with Gasteiger partial charge < -0.3 is 14.7 Å². The second-order valence-electron chi connectivity index (χ2n) is 6.44. The number of carbonyl (C=O) groups excluding carboxylic acids is 2. The van der Waals surface area contributed by atoms with Crippen LogP contribution in [0.15, 0.2) is 24.3 Å². The summed E-state index contributed by atoms with van der Waals surface area (Å²) in [5.74, 6) is -0.0555. The molecule has 1 fully saturated rings. The first-order chi connectivity index (χ1) is 11.5. The molecule has 1 aromatic rings. The molecule has 0 aliphatic carbocycles. The quantitative estimate of drug-likeness (QED) is 0.789. The van der Waals surface area contributed by atoms with Crippen molar-refractivity contribution in [3.8, 4) is 0 Å². The lowest BCUT2D eigenvalue weighted by Gasteiger charge is -2.35. The van der Waals surface area contributed by atoms with Gasteiger partial charge in [-0.15, -0.1) is 0 Å². The van der Waals surface area contributed by atoms with Crippen molar-refractivity contribution in [1.82, 2.24) is 14.7 Å². The Morgan fingerprint density at radius 1 is 1.04 bits per heavy atom. The summed E-state index contributed by atoms with van der Waals surface area (Å²) in [6.45, 7) is 3.09. The van der Waals surface area contributed by atoms with Crippen LogP contribution in [0.1, 0.15) is 18.4 Å². The average Bonchev–Trinajstić information content (AvgIpc) is 2.57. The van der Waals surface area contributed by atoms with Crippen molar-refractivity contribution in [3.63, 3.8) is 0 Å². The molecule has 0 N–H and O–H groups in total. The van der Waals surface area contributed by atoms with E-state index in [1.807, 2.05) is 30.0 Å². The molecule has 1 aliphatic heterocycles. The van der Waals surface area contributed by atoms with Gasteiger partial charge in [0, 0.05) is 45.6 Å². The predicted molar refractivity (Wildman–Crippen MR) is 91.1 cm³/mol. The van der Waals surface area contributed by atoms with Gasteiger partial charge in [0.15, 0.2) is 0 Å². The van der Waals surface area contributed by atoms with Crippen molar-refractivity contribution in [2.45, 2.75) is 19.3 Å². The van der Waals surface area contributed by atoms with Gasteiger partial charge in [-0.25, -0.2) is 4.39 Å². The van der Waals surface area contributed by atoms with E-state index in [-0.39, 0.29) is 17.6 Å². The fraction of sp³-hybridized carbons (Fsp3) is 0.556. The highest BCUT2D eigenvalue weighted by Crippen LogP contribution is 2.10. The fourth-order valence-electron chi connectivity index (χ4n) is 2.78. The van der Waals surface area contributed by atoms with Crippen molar-refractivity contribution >= 4 is 11.8 Å². The van der Waals surface area contributed by atoms with Crippen molar-refractivity contribution in [3.05, 3.63) is 35.6 Å². The smallest absolute Gasteiger partial charge is 0.223 e. The number of hydrogen-bond acceptors (Lipinski definition) is 3. The zero-order valence-corrected chi connectivity index (χ0v) is 14.5. The summed E-state index contributed by atoms with van der Waals surface area (Å²) < 4.78 is 13.1. The molecule has 6 heteroatoms. The van der Waals surface area contributed by atoms with Gasteiger partial charge in [-0.05, 0) is 38.2 Å². The number of amides is 2. The van der Waals surface area contributed by atoms with Gasteiger partial charge in [0.05, 0.1) is 0 Å². The lowest BCUT2D eigenvalue weighted by atomic mass is 10.1. The Kier molecular flexibility index (Phi) is 6.73. The van der Waals surface area contributed by atoms with Gasteiger partial charge in [-0.1, -0.05) is 12.1 Å². The molecule has 24 heavy (non-hydrogen) atoms. The number of aryl methyl sites for hydroxylation is 1. The normalized spacial score (nSPS) is 15.0. The third kappa shape index (κ3) is 5.60. The maximum Gasteiger partial charge on any atom is 0.223 e. The van der Waals surface area contributed by atoms with Gasteiger partial charge in [-0.3, -0.25) is 9.59 Å². The van der Waals surface area contributed by atoms with Gasteiger partial charge in [0.1, 0.15) is 5.82 Å². The first-order valence-corrected chi connectivity index (χ1v) is 8.40. The average molecular weight is 335 g/mol. The second kappa shape index (κ2) is 8.78. The van der Waals surface area contributed by atoms with Crippen LogP contribution in [0.2, 0.25) is 0 Å². The maximum atomic E-state index is 13.1. The zero-order valence-electron chi connectivity index (χ0n) is 14.5. The van der Waals surface area contributed by atoms with E-state index < -0.39 is 0 Å². The summed E-state index contributed by atoms with van der Waals surface area (Å²) in [7, 11) is 3.89. The lowest BCUT2D eigenvalue weighted by Crippen LogP contribution is -2.51. The van der Waals surface area contributed by atoms with Crippen molar-refractivity contribution in [1.29, 1.82) is 0 Å². The molecule has 1 aliphatic rings. The van der Waals surface area contributed by atoms with E-state index >= 15 is 0 Å². The molecule has 2 rings (SSSR count). The van der Waals surface area contributed by atoms with E-state index in [4.69, 9.17) is 0 Å². The fourth-order valence-corrected chi connectivity index (χ4v) is 2.78. The number of rotatable bonds is 6. The van der Waals surface area contributed by atoms with Crippen LogP contribution in [0.5, 0.6) is 0 Å². The minimum absolute atomic E-state index is 0.0691. The lowest BCUT2D eigenvalue weighted by molar-refractivity contribution is -0.139. The number of hydrogen-bond donors (Lipinski definition) is 0. The van der Waals surface area contributed by atoms with Gasteiger partial charge in [-0.2, -0.15) is 0 Å². The number of benzene rings is 1. The molecule has 0 spiro atoms. The Hall–Kier alpha value is -1.95. The molecule has 0 unspecified atom stereocenters. The number of carbonyl (C=O) groups is 2. The third-order valence-electron chi connectivity index (χ3n) is 4.27. The topological polar surface area (TPSA) is 43.9 Å². The monoisotopic (exact) mass is 335 g/mol. The molecule has 1 heterocycles. The summed E-state index contributed by atoms with van der Waals surface area (Å²) in [6, 6.07) is 6.36. The molecule has 0 atom stereocenters. The van der Waals surface area contributed by atoms with Crippen LogP contribution < -0.4 is 0 Å². The van der Waals surface area contributed by atoms with Gasteiger partial charge in [0.25, 0.3) is 0 Å². The molecule has 132 valence electrons. The summed E-state index contributed by atoms with van der Waals surface area (Å²) in [6.07, 6.45) is 1.43. The molecule has 1 saturated heterocycles. The van der Waals surface area contributed by atoms with Crippen molar-refractivity contribution in [2.24, 2.45) is 0 Å². The molecule has 5 nitrogen and oxygen atoms in total. The minimum atomic E-state index is -0.273. The predicted octanol–water partition coefficient (Wildman–Crippen LogP) is 1.38. The number of nitrogens with zero attached hydrogens (tertiary/aromatic N) is 3. The molecule has 0 radical (unpaired) electrons. The summed E-state index contributed by atoms with van der Waals surface area (Å²) >= 11 is 0. The Morgan fingerprint density at radius 3 is 2.17 bits per heavy atom. The molecule has 0 aromatic heterocycles. The highest BCUT2D eigenvalue weighted by molar-refractivity contribution is 5.78. The van der Waals surface area contributed by atoms with Crippen LogP contribution >= 0.6 is 0 Å². The standard InChI is InChI=1S/C18H26FN3O2/c1-20(2)9-8-18(24)22-12-10-21(11-13-22)17(23)7-6-15-4-3-5-16(19)14-15/h3-5,14H,6-13H2,1-2H3. The van der Waals surface area contributed by atoms with Crippen LogP contribution in [0.3, 0.4) is 0 Å². The molecular weight excluding hydrogens is 309 g/mol. The summed E-state index contributed by atoms with van der Waals surface area (Å²) in [5, 5.41) is 0.